The lowest BCUT2D eigenvalue weighted by atomic mass is 9.81. The normalized spacial score (nSPS) is 22.6. The molecule has 0 amide bonds. The largest absolute Gasteiger partial charge is 0.504 e. The van der Waals surface area contributed by atoms with Gasteiger partial charge >= 0.3 is 0 Å². The topological polar surface area (TPSA) is 80.6 Å². The standard InChI is InChI=1S/C20H21NO6/c1-24-13-4-3-11-12(19(13)25-2)8-21-6-5-10-7-14-20(27-9-26-14)18(23)15(10)16(21)17(11)22/h3-4,7,16-17,22-23H,5-6,8-9H2,1-2H3. The first-order valence-corrected chi connectivity index (χ1v) is 8.94. The number of methoxy groups -OCH3 is 2. The summed E-state index contributed by atoms with van der Waals surface area (Å²) >= 11 is 0. The molecule has 3 aliphatic heterocycles. The molecule has 2 aromatic rings. The van der Waals surface area contributed by atoms with Crippen LogP contribution in [0.4, 0.5) is 0 Å². The molecular formula is C20H21NO6. The molecule has 0 bridgehead atoms. The lowest BCUT2D eigenvalue weighted by Gasteiger charge is -2.44. The van der Waals surface area contributed by atoms with E-state index in [0.717, 1.165) is 35.2 Å². The molecule has 5 rings (SSSR count). The van der Waals surface area contributed by atoms with Crippen LogP contribution in [0.5, 0.6) is 28.7 Å². The van der Waals surface area contributed by atoms with Crippen molar-refractivity contribution in [3.05, 3.63) is 40.5 Å². The molecule has 7 heteroatoms. The fourth-order valence-corrected chi connectivity index (χ4v) is 4.57. The number of phenols is 1. The zero-order valence-electron chi connectivity index (χ0n) is 15.2. The highest BCUT2D eigenvalue weighted by Crippen LogP contribution is 2.54. The Kier molecular flexibility index (Phi) is 3.63. The van der Waals surface area contributed by atoms with Gasteiger partial charge in [0.15, 0.2) is 23.0 Å². The Balaban J connectivity index is 1.66. The summed E-state index contributed by atoms with van der Waals surface area (Å²) < 4.78 is 21.8. The second kappa shape index (κ2) is 5.94. The van der Waals surface area contributed by atoms with E-state index in [4.69, 9.17) is 18.9 Å². The highest BCUT2D eigenvalue weighted by molar-refractivity contribution is 5.62. The third-order valence-corrected chi connectivity index (χ3v) is 5.78. The minimum absolute atomic E-state index is 0.0673. The van der Waals surface area contributed by atoms with E-state index in [0.29, 0.717) is 29.5 Å². The monoisotopic (exact) mass is 371 g/mol. The molecule has 0 saturated heterocycles. The molecule has 0 aromatic heterocycles. The first kappa shape index (κ1) is 16.5. The predicted molar refractivity (Wildman–Crippen MR) is 95.6 cm³/mol. The van der Waals surface area contributed by atoms with E-state index in [2.05, 4.69) is 4.90 Å². The molecule has 3 aliphatic rings. The SMILES string of the molecule is COc1ccc2c(c1OC)CN1CCc3cc4c(c(O)c3C1C2O)OCO4. The van der Waals surface area contributed by atoms with Crippen LogP contribution >= 0.6 is 0 Å². The van der Waals surface area contributed by atoms with Gasteiger partial charge in [0.1, 0.15) is 0 Å². The van der Waals surface area contributed by atoms with Crippen molar-refractivity contribution >= 4 is 0 Å². The van der Waals surface area contributed by atoms with Crippen LogP contribution in [0.1, 0.15) is 34.4 Å². The van der Waals surface area contributed by atoms with E-state index < -0.39 is 6.10 Å². The lowest BCUT2D eigenvalue weighted by Crippen LogP contribution is -2.42. The number of aliphatic hydroxyl groups excluding tert-OH is 1. The molecule has 7 nitrogen and oxygen atoms in total. The van der Waals surface area contributed by atoms with Gasteiger partial charge in [-0.05, 0) is 29.7 Å². The molecule has 0 saturated carbocycles. The van der Waals surface area contributed by atoms with Gasteiger partial charge in [-0.25, -0.2) is 0 Å². The molecule has 0 aliphatic carbocycles. The van der Waals surface area contributed by atoms with E-state index in [1.165, 1.54) is 0 Å². The molecule has 2 N–H and O–H groups in total. The number of hydrogen-bond acceptors (Lipinski definition) is 7. The Morgan fingerprint density at radius 2 is 2.04 bits per heavy atom. The smallest absolute Gasteiger partial charge is 0.231 e. The van der Waals surface area contributed by atoms with Crippen LogP contribution in [-0.2, 0) is 13.0 Å². The summed E-state index contributed by atoms with van der Waals surface area (Å²) in [7, 11) is 3.21. The Bertz CT molecular complexity index is 927. The minimum Gasteiger partial charge on any atom is -0.504 e. The highest BCUT2D eigenvalue weighted by Gasteiger charge is 2.43. The fourth-order valence-electron chi connectivity index (χ4n) is 4.57. The first-order valence-electron chi connectivity index (χ1n) is 8.94. The lowest BCUT2D eigenvalue weighted by molar-refractivity contribution is 0.0181. The molecule has 2 atom stereocenters. The number of phenolic OH excluding ortho intramolecular Hbond substituents is 1. The average molecular weight is 371 g/mol. The number of ether oxygens (including phenoxy) is 4. The highest BCUT2D eigenvalue weighted by atomic mass is 16.7. The predicted octanol–water partition coefficient (Wildman–Crippen LogP) is 2.28. The summed E-state index contributed by atoms with van der Waals surface area (Å²) in [4.78, 5) is 2.17. The van der Waals surface area contributed by atoms with Crippen LogP contribution in [0.3, 0.4) is 0 Å². The van der Waals surface area contributed by atoms with Gasteiger partial charge in [-0.15, -0.1) is 0 Å². The van der Waals surface area contributed by atoms with Crippen molar-refractivity contribution in [2.75, 3.05) is 27.6 Å². The van der Waals surface area contributed by atoms with Gasteiger partial charge in [-0.2, -0.15) is 0 Å². The van der Waals surface area contributed by atoms with Gasteiger partial charge in [-0.3, -0.25) is 4.90 Å². The second-order valence-corrected chi connectivity index (χ2v) is 7.01. The quantitative estimate of drug-likeness (QED) is 0.838. The molecule has 142 valence electrons. The zero-order valence-corrected chi connectivity index (χ0v) is 15.2. The Hall–Kier alpha value is -2.64. The van der Waals surface area contributed by atoms with Crippen molar-refractivity contribution in [1.29, 1.82) is 0 Å². The maximum absolute atomic E-state index is 11.2. The number of nitrogens with zero attached hydrogens (tertiary/aromatic N) is 1. The second-order valence-electron chi connectivity index (χ2n) is 7.01. The van der Waals surface area contributed by atoms with E-state index in [1.807, 2.05) is 12.1 Å². The molecular weight excluding hydrogens is 350 g/mol. The van der Waals surface area contributed by atoms with Crippen LogP contribution in [0.2, 0.25) is 0 Å². The Morgan fingerprint density at radius 1 is 1.19 bits per heavy atom. The van der Waals surface area contributed by atoms with Crippen molar-refractivity contribution in [1.82, 2.24) is 4.90 Å². The molecule has 27 heavy (non-hydrogen) atoms. The van der Waals surface area contributed by atoms with Gasteiger partial charge < -0.3 is 29.2 Å². The number of fused-ring (bicyclic) bond motifs is 5. The van der Waals surface area contributed by atoms with Gasteiger partial charge in [0.25, 0.3) is 0 Å². The van der Waals surface area contributed by atoms with E-state index in [-0.39, 0.29) is 18.6 Å². The van der Waals surface area contributed by atoms with Crippen LogP contribution < -0.4 is 18.9 Å². The number of aromatic hydroxyl groups is 1. The third-order valence-electron chi connectivity index (χ3n) is 5.78. The Morgan fingerprint density at radius 3 is 2.81 bits per heavy atom. The molecule has 3 heterocycles. The third kappa shape index (κ3) is 2.22. The van der Waals surface area contributed by atoms with Gasteiger partial charge in [0.05, 0.1) is 26.4 Å². The van der Waals surface area contributed by atoms with Crippen LogP contribution in [0.25, 0.3) is 0 Å². The maximum atomic E-state index is 11.2. The molecule has 0 radical (unpaired) electrons. The summed E-state index contributed by atoms with van der Waals surface area (Å²) in [5.74, 6) is 2.29. The van der Waals surface area contributed by atoms with E-state index in [1.54, 1.807) is 20.3 Å². The summed E-state index contributed by atoms with van der Waals surface area (Å²) in [6.45, 7) is 1.46. The molecule has 2 aromatic carbocycles. The Labute approximate surface area is 156 Å². The summed E-state index contributed by atoms with van der Waals surface area (Å²) in [5.41, 5.74) is 3.42. The van der Waals surface area contributed by atoms with Crippen LogP contribution in [0.15, 0.2) is 18.2 Å². The van der Waals surface area contributed by atoms with Crippen molar-refractivity contribution in [3.63, 3.8) is 0 Å². The summed E-state index contributed by atoms with van der Waals surface area (Å²) in [5, 5.41) is 22.1. The van der Waals surface area contributed by atoms with Crippen LogP contribution in [-0.4, -0.2) is 42.7 Å². The van der Waals surface area contributed by atoms with E-state index in [9.17, 15) is 10.2 Å². The van der Waals surface area contributed by atoms with Crippen LogP contribution in [0, 0.1) is 0 Å². The fraction of sp³-hybridized carbons (Fsp3) is 0.400. The van der Waals surface area contributed by atoms with Crippen molar-refractivity contribution in [2.45, 2.75) is 25.1 Å². The van der Waals surface area contributed by atoms with Gasteiger partial charge in [0.2, 0.25) is 12.5 Å². The first-order chi connectivity index (χ1) is 13.1. The molecule has 0 spiro atoms. The number of aliphatic hydroxyl groups is 1. The van der Waals surface area contributed by atoms with Gasteiger partial charge in [-0.1, -0.05) is 6.07 Å². The maximum Gasteiger partial charge on any atom is 0.231 e. The minimum atomic E-state index is -0.807. The number of hydrogen-bond donors (Lipinski definition) is 2. The average Bonchev–Trinajstić information content (AvgIpc) is 3.16. The van der Waals surface area contributed by atoms with Crippen molar-refractivity contribution in [2.24, 2.45) is 0 Å². The number of benzene rings is 2. The molecule has 0 fully saturated rings. The molecule has 2 unspecified atom stereocenters. The van der Waals surface area contributed by atoms with Crippen molar-refractivity contribution in [3.8, 4) is 28.7 Å². The zero-order chi connectivity index (χ0) is 18.7. The number of rotatable bonds is 2. The summed E-state index contributed by atoms with van der Waals surface area (Å²) in [6.07, 6.45) is -0.0523. The van der Waals surface area contributed by atoms with Gasteiger partial charge in [0, 0.05) is 24.2 Å². The van der Waals surface area contributed by atoms with Crippen molar-refractivity contribution < 1.29 is 29.2 Å². The summed E-state index contributed by atoms with van der Waals surface area (Å²) in [6, 6.07) is 5.25. The van der Waals surface area contributed by atoms with E-state index >= 15 is 0 Å².